The summed E-state index contributed by atoms with van der Waals surface area (Å²) in [5.74, 6) is 1.49. The maximum absolute atomic E-state index is 5.83. The fraction of sp³-hybridized carbons (Fsp3) is 0.600. The van der Waals surface area contributed by atoms with Crippen LogP contribution in [0, 0.1) is 5.92 Å². The molecule has 1 atom stereocenters. The van der Waals surface area contributed by atoms with Gasteiger partial charge in [0.1, 0.15) is 17.3 Å². The van der Waals surface area contributed by atoms with Gasteiger partial charge in [0.05, 0.1) is 0 Å². The first kappa shape index (κ1) is 10.6. The Balaban J connectivity index is 2.09. The molecule has 1 aromatic heterocycles. The van der Waals surface area contributed by atoms with Crippen LogP contribution < -0.4 is 10.6 Å². The smallest absolute Gasteiger partial charge is 0.134 e. The van der Waals surface area contributed by atoms with E-state index in [1.54, 1.807) is 6.07 Å². The summed E-state index contributed by atoms with van der Waals surface area (Å²) in [6, 6.07) is 1.81. The predicted molar refractivity (Wildman–Crippen MR) is 61.0 cm³/mol. The first-order chi connectivity index (χ1) is 7.29. The van der Waals surface area contributed by atoms with Crippen molar-refractivity contribution in [2.75, 3.05) is 24.5 Å². The zero-order valence-electron chi connectivity index (χ0n) is 8.56. The second kappa shape index (κ2) is 4.77. The molecule has 2 N–H and O–H groups in total. The Morgan fingerprint density at radius 2 is 2.40 bits per heavy atom. The summed E-state index contributed by atoms with van der Waals surface area (Å²) in [4.78, 5) is 10.3. The lowest BCUT2D eigenvalue weighted by Gasteiger charge is -2.32. The van der Waals surface area contributed by atoms with Gasteiger partial charge < -0.3 is 10.6 Å². The van der Waals surface area contributed by atoms with E-state index in [1.165, 1.54) is 19.2 Å². The van der Waals surface area contributed by atoms with Crippen molar-refractivity contribution < 1.29 is 0 Å². The van der Waals surface area contributed by atoms with Crippen LogP contribution in [0.1, 0.15) is 12.8 Å². The molecule has 1 aromatic rings. The van der Waals surface area contributed by atoms with Crippen molar-refractivity contribution in [3.05, 3.63) is 17.5 Å². The van der Waals surface area contributed by atoms with Gasteiger partial charge in [-0.2, -0.15) is 0 Å². The third-order valence-corrected chi connectivity index (χ3v) is 3.00. The molecule has 0 radical (unpaired) electrons. The van der Waals surface area contributed by atoms with E-state index >= 15 is 0 Å². The Kier molecular flexibility index (Phi) is 3.38. The number of nitrogens with two attached hydrogens (primary N) is 1. The van der Waals surface area contributed by atoms with Gasteiger partial charge >= 0.3 is 0 Å². The standard InChI is InChI=1S/C10H15ClN4/c11-9-4-10(14-7-13-9)15-3-1-2-8(5-12)6-15/h4,7-8H,1-3,5-6,12H2. The van der Waals surface area contributed by atoms with Crippen LogP contribution in [0.3, 0.4) is 0 Å². The first-order valence-electron chi connectivity index (χ1n) is 5.22. The summed E-state index contributed by atoms with van der Waals surface area (Å²) in [5.41, 5.74) is 5.69. The largest absolute Gasteiger partial charge is 0.356 e. The van der Waals surface area contributed by atoms with Gasteiger partial charge in [-0.1, -0.05) is 11.6 Å². The average molecular weight is 227 g/mol. The monoisotopic (exact) mass is 226 g/mol. The predicted octanol–water partition coefficient (Wildman–Crippen LogP) is 1.31. The van der Waals surface area contributed by atoms with Gasteiger partial charge in [-0.15, -0.1) is 0 Å². The lowest BCUT2D eigenvalue weighted by atomic mass is 9.98. The van der Waals surface area contributed by atoms with Gasteiger partial charge in [0.15, 0.2) is 0 Å². The molecule has 1 aliphatic rings. The molecule has 1 fully saturated rings. The van der Waals surface area contributed by atoms with Gasteiger partial charge in [0, 0.05) is 19.2 Å². The van der Waals surface area contributed by atoms with E-state index in [1.807, 2.05) is 0 Å². The SMILES string of the molecule is NCC1CCCN(c2cc(Cl)ncn2)C1. The van der Waals surface area contributed by atoms with Crippen LogP contribution in [-0.2, 0) is 0 Å². The lowest BCUT2D eigenvalue weighted by molar-refractivity contribution is 0.421. The molecule has 2 heterocycles. The van der Waals surface area contributed by atoms with Crippen LogP contribution in [-0.4, -0.2) is 29.6 Å². The van der Waals surface area contributed by atoms with Gasteiger partial charge in [-0.25, -0.2) is 9.97 Å². The highest BCUT2D eigenvalue weighted by Gasteiger charge is 2.19. The van der Waals surface area contributed by atoms with Crippen molar-refractivity contribution in [1.82, 2.24) is 9.97 Å². The number of aromatic nitrogens is 2. The Labute approximate surface area is 94.5 Å². The Morgan fingerprint density at radius 1 is 1.53 bits per heavy atom. The maximum Gasteiger partial charge on any atom is 0.134 e. The number of halogens is 1. The third kappa shape index (κ3) is 2.58. The number of nitrogens with zero attached hydrogens (tertiary/aromatic N) is 3. The molecule has 4 nitrogen and oxygen atoms in total. The van der Waals surface area contributed by atoms with Crippen LogP contribution in [0.4, 0.5) is 5.82 Å². The van der Waals surface area contributed by atoms with Crippen LogP contribution >= 0.6 is 11.6 Å². The highest BCUT2D eigenvalue weighted by molar-refractivity contribution is 6.29. The quantitative estimate of drug-likeness (QED) is 0.773. The molecule has 1 aliphatic heterocycles. The second-order valence-electron chi connectivity index (χ2n) is 3.89. The van der Waals surface area contributed by atoms with Crippen molar-refractivity contribution in [3.8, 4) is 0 Å². The highest BCUT2D eigenvalue weighted by Crippen LogP contribution is 2.21. The molecule has 0 spiro atoms. The fourth-order valence-electron chi connectivity index (χ4n) is 1.96. The van der Waals surface area contributed by atoms with Crippen LogP contribution in [0.25, 0.3) is 0 Å². The van der Waals surface area contributed by atoms with Crippen molar-refractivity contribution >= 4 is 17.4 Å². The molecule has 0 aliphatic carbocycles. The molecule has 0 amide bonds. The minimum Gasteiger partial charge on any atom is -0.356 e. The first-order valence-corrected chi connectivity index (χ1v) is 5.60. The summed E-state index contributed by atoms with van der Waals surface area (Å²) in [6.07, 6.45) is 3.89. The molecule has 1 unspecified atom stereocenters. The van der Waals surface area contributed by atoms with Gasteiger partial charge in [-0.3, -0.25) is 0 Å². The summed E-state index contributed by atoms with van der Waals surface area (Å²) in [5, 5.41) is 0.495. The van der Waals surface area contributed by atoms with Crippen LogP contribution in [0.15, 0.2) is 12.4 Å². The number of hydrogen-bond donors (Lipinski definition) is 1. The molecule has 0 bridgehead atoms. The van der Waals surface area contributed by atoms with E-state index in [0.29, 0.717) is 11.1 Å². The minimum atomic E-state index is 0.495. The maximum atomic E-state index is 5.83. The summed E-state index contributed by atoms with van der Waals surface area (Å²) in [6.45, 7) is 2.75. The third-order valence-electron chi connectivity index (χ3n) is 2.80. The minimum absolute atomic E-state index is 0.495. The topological polar surface area (TPSA) is 55.0 Å². The highest BCUT2D eigenvalue weighted by atomic mass is 35.5. The lowest BCUT2D eigenvalue weighted by Crippen LogP contribution is -2.38. The van der Waals surface area contributed by atoms with Crippen molar-refractivity contribution in [3.63, 3.8) is 0 Å². The van der Waals surface area contributed by atoms with Crippen molar-refractivity contribution in [2.45, 2.75) is 12.8 Å². The zero-order valence-corrected chi connectivity index (χ0v) is 9.32. The van der Waals surface area contributed by atoms with Crippen molar-refractivity contribution in [2.24, 2.45) is 11.7 Å². The van der Waals surface area contributed by atoms with Crippen LogP contribution in [0.5, 0.6) is 0 Å². The number of piperidine rings is 1. The summed E-state index contributed by atoms with van der Waals surface area (Å²) in [7, 11) is 0. The molecule has 0 aromatic carbocycles. The molecular weight excluding hydrogens is 212 g/mol. The van der Waals surface area contributed by atoms with Crippen LogP contribution in [0.2, 0.25) is 5.15 Å². The van der Waals surface area contributed by atoms with E-state index in [2.05, 4.69) is 14.9 Å². The van der Waals surface area contributed by atoms with Gasteiger partial charge in [0.2, 0.25) is 0 Å². The Bertz CT molecular complexity index is 331. The van der Waals surface area contributed by atoms with Gasteiger partial charge in [-0.05, 0) is 25.3 Å². The number of rotatable bonds is 2. The molecule has 82 valence electrons. The molecule has 2 rings (SSSR count). The molecule has 15 heavy (non-hydrogen) atoms. The van der Waals surface area contributed by atoms with Crippen molar-refractivity contribution in [1.29, 1.82) is 0 Å². The van der Waals surface area contributed by atoms with E-state index in [0.717, 1.165) is 25.5 Å². The zero-order chi connectivity index (χ0) is 10.7. The summed E-state index contributed by atoms with van der Waals surface area (Å²) >= 11 is 5.83. The molecule has 0 saturated carbocycles. The Morgan fingerprint density at radius 3 is 3.13 bits per heavy atom. The number of hydrogen-bond acceptors (Lipinski definition) is 4. The molecule has 1 saturated heterocycles. The Hall–Kier alpha value is -0.870. The second-order valence-corrected chi connectivity index (χ2v) is 4.28. The molecule has 5 heteroatoms. The average Bonchev–Trinajstić information content (AvgIpc) is 2.29. The fourth-order valence-corrected chi connectivity index (χ4v) is 2.10. The number of anilines is 1. The van der Waals surface area contributed by atoms with Gasteiger partial charge in [0.25, 0.3) is 0 Å². The normalized spacial score (nSPS) is 21.7. The van der Waals surface area contributed by atoms with E-state index < -0.39 is 0 Å². The van der Waals surface area contributed by atoms with E-state index in [4.69, 9.17) is 17.3 Å². The molecular formula is C10H15ClN4. The van der Waals surface area contributed by atoms with E-state index in [9.17, 15) is 0 Å². The van der Waals surface area contributed by atoms with E-state index in [-0.39, 0.29) is 0 Å². The summed E-state index contributed by atoms with van der Waals surface area (Å²) < 4.78 is 0.